The van der Waals surface area contributed by atoms with Crippen LogP contribution in [0.25, 0.3) is 5.69 Å². The summed E-state index contributed by atoms with van der Waals surface area (Å²) in [7, 11) is 0. The number of carbonyl (C=O) groups excluding carboxylic acids is 2. The Hall–Kier alpha value is -2.76. The van der Waals surface area contributed by atoms with Crippen LogP contribution in [0.4, 0.5) is 5.69 Å². The number of halogens is 2. The molecule has 1 heterocycles. The van der Waals surface area contributed by atoms with Gasteiger partial charge >= 0.3 is 5.97 Å². The van der Waals surface area contributed by atoms with Crippen molar-refractivity contribution in [1.82, 2.24) is 4.57 Å². The van der Waals surface area contributed by atoms with E-state index in [0.717, 1.165) is 17.1 Å². The van der Waals surface area contributed by atoms with Gasteiger partial charge in [0.25, 0.3) is 5.91 Å². The summed E-state index contributed by atoms with van der Waals surface area (Å²) in [6, 6.07) is 16.3. The van der Waals surface area contributed by atoms with Crippen LogP contribution in [0, 0.1) is 13.8 Å². The number of hydrogen-bond acceptors (Lipinski definition) is 3. The largest absolute Gasteiger partial charge is 0.452 e. The zero-order valence-electron chi connectivity index (χ0n) is 15.3. The second kappa shape index (κ2) is 8.50. The molecule has 0 bridgehead atoms. The van der Waals surface area contributed by atoms with E-state index < -0.39 is 18.5 Å². The summed E-state index contributed by atoms with van der Waals surface area (Å²) in [6.07, 6.45) is 0. The molecule has 0 aliphatic carbocycles. The van der Waals surface area contributed by atoms with Gasteiger partial charge in [-0.25, -0.2) is 4.79 Å². The Morgan fingerprint density at radius 3 is 2.29 bits per heavy atom. The second-order valence-corrected chi connectivity index (χ2v) is 6.99. The van der Waals surface area contributed by atoms with Crippen molar-refractivity contribution in [3.05, 3.63) is 81.6 Å². The topological polar surface area (TPSA) is 60.3 Å². The number of nitrogens with one attached hydrogen (secondary N) is 1. The quantitative estimate of drug-likeness (QED) is 0.581. The van der Waals surface area contributed by atoms with Gasteiger partial charge in [0, 0.05) is 17.1 Å². The smallest absolute Gasteiger partial charge is 0.340 e. The molecular weight excluding hydrogens is 399 g/mol. The lowest BCUT2D eigenvalue weighted by Crippen LogP contribution is -2.21. The van der Waals surface area contributed by atoms with E-state index in [1.165, 1.54) is 0 Å². The van der Waals surface area contributed by atoms with Crippen molar-refractivity contribution in [2.24, 2.45) is 0 Å². The first-order chi connectivity index (χ1) is 13.4. The molecular formula is C21H18Cl2N2O3. The number of benzene rings is 2. The molecule has 1 amide bonds. The number of para-hydroxylation sites is 2. The highest BCUT2D eigenvalue weighted by Gasteiger charge is 2.19. The van der Waals surface area contributed by atoms with E-state index in [-0.39, 0.29) is 5.69 Å². The van der Waals surface area contributed by atoms with Gasteiger partial charge in [0.2, 0.25) is 0 Å². The molecule has 0 aliphatic rings. The van der Waals surface area contributed by atoms with Gasteiger partial charge in [-0.05, 0) is 44.2 Å². The predicted octanol–water partition coefficient (Wildman–Crippen LogP) is 5.20. The van der Waals surface area contributed by atoms with Gasteiger partial charge in [0.1, 0.15) is 0 Å². The molecule has 0 fully saturated rings. The maximum absolute atomic E-state index is 12.5. The van der Waals surface area contributed by atoms with Crippen molar-refractivity contribution in [3.63, 3.8) is 0 Å². The number of hydrogen-bond donors (Lipinski definition) is 1. The third-order valence-corrected chi connectivity index (χ3v) is 4.86. The lowest BCUT2D eigenvalue weighted by molar-refractivity contribution is -0.119. The van der Waals surface area contributed by atoms with E-state index in [4.69, 9.17) is 27.9 Å². The Labute approximate surface area is 172 Å². The van der Waals surface area contributed by atoms with Gasteiger partial charge in [0.05, 0.1) is 21.3 Å². The second-order valence-electron chi connectivity index (χ2n) is 6.18. The van der Waals surface area contributed by atoms with Crippen molar-refractivity contribution in [2.45, 2.75) is 13.8 Å². The van der Waals surface area contributed by atoms with Crippen LogP contribution in [-0.2, 0) is 9.53 Å². The molecule has 1 N–H and O–H groups in total. The minimum absolute atomic E-state index is 0.286. The Morgan fingerprint density at radius 2 is 1.64 bits per heavy atom. The maximum atomic E-state index is 12.5. The lowest BCUT2D eigenvalue weighted by atomic mass is 10.2. The van der Waals surface area contributed by atoms with Crippen molar-refractivity contribution in [3.8, 4) is 5.69 Å². The standard InChI is InChI=1S/C21H18Cl2N2O3/c1-13-11-16(14(2)25(13)15-7-4-3-5-8-15)21(27)28-12-19(26)24-20-17(22)9-6-10-18(20)23/h3-11H,12H2,1-2H3,(H,24,26). The van der Waals surface area contributed by atoms with Crippen molar-refractivity contribution >= 4 is 40.8 Å². The Bertz CT molecular complexity index is 1010. The van der Waals surface area contributed by atoms with E-state index in [0.29, 0.717) is 15.6 Å². The zero-order valence-corrected chi connectivity index (χ0v) is 16.8. The van der Waals surface area contributed by atoms with Gasteiger partial charge < -0.3 is 14.6 Å². The average molecular weight is 417 g/mol. The summed E-state index contributed by atoms with van der Waals surface area (Å²) in [6.45, 7) is 3.29. The molecule has 0 spiro atoms. The first kappa shape index (κ1) is 20.0. The van der Waals surface area contributed by atoms with Gasteiger partial charge in [0.15, 0.2) is 6.61 Å². The highest BCUT2D eigenvalue weighted by Crippen LogP contribution is 2.29. The first-order valence-electron chi connectivity index (χ1n) is 8.54. The summed E-state index contributed by atoms with van der Waals surface area (Å²) in [5.41, 5.74) is 3.27. The molecule has 5 nitrogen and oxygen atoms in total. The molecule has 2 aromatic carbocycles. The third kappa shape index (κ3) is 4.21. The molecule has 28 heavy (non-hydrogen) atoms. The summed E-state index contributed by atoms with van der Waals surface area (Å²) in [4.78, 5) is 24.6. The Kier molecular flexibility index (Phi) is 6.07. The summed E-state index contributed by atoms with van der Waals surface area (Å²) in [5, 5.41) is 3.17. The van der Waals surface area contributed by atoms with Crippen LogP contribution in [0.1, 0.15) is 21.7 Å². The normalized spacial score (nSPS) is 10.6. The number of esters is 1. The monoisotopic (exact) mass is 416 g/mol. The fourth-order valence-electron chi connectivity index (χ4n) is 2.95. The molecule has 0 radical (unpaired) electrons. The van der Waals surface area contributed by atoms with Crippen molar-refractivity contribution in [2.75, 3.05) is 11.9 Å². The molecule has 0 saturated carbocycles. The van der Waals surface area contributed by atoms with E-state index in [1.54, 1.807) is 24.3 Å². The van der Waals surface area contributed by atoms with E-state index in [2.05, 4.69) is 5.32 Å². The highest BCUT2D eigenvalue weighted by atomic mass is 35.5. The van der Waals surface area contributed by atoms with Crippen LogP contribution in [0.3, 0.4) is 0 Å². The number of amides is 1. The van der Waals surface area contributed by atoms with Crippen LogP contribution >= 0.6 is 23.2 Å². The molecule has 7 heteroatoms. The molecule has 1 aromatic heterocycles. The van der Waals surface area contributed by atoms with Gasteiger partial charge in [-0.15, -0.1) is 0 Å². The fraction of sp³-hybridized carbons (Fsp3) is 0.143. The molecule has 3 rings (SSSR count). The highest BCUT2D eigenvalue weighted by molar-refractivity contribution is 6.39. The van der Waals surface area contributed by atoms with Crippen molar-refractivity contribution < 1.29 is 14.3 Å². The minimum atomic E-state index is -0.573. The SMILES string of the molecule is Cc1cc(C(=O)OCC(=O)Nc2c(Cl)cccc2Cl)c(C)n1-c1ccccc1. The lowest BCUT2D eigenvalue weighted by Gasteiger charge is -2.10. The van der Waals surface area contributed by atoms with Gasteiger partial charge in [-0.1, -0.05) is 47.5 Å². The molecule has 0 saturated heterocycles. The minimum Gasteiger partial charge on any atom is -0.452 e. The number of aromatic nitrogens is 1. The zero-order chi connectivity index (χ0) is 20.3. The summed E-state index contributed by atoms with van der Waals surface area (Å²) in [5.74, 6) is -1.10. The molecule has 0 aliphatic heterocycles. The Balaban J connectivity index is 1.70. The summed E-state index contributed by atoms with van der Waals surface area (Å²) >= 11 is 12.0. The number of anilines is 1. The van der Waals surface area contributed by atoms with E-state index in [1.807, 2.05) is 48.7 Å². The molecule has 3 aromatic rings. The predicted molar refractivity (Wildman–Crippen MR) is 111 cm³/mol. The van der Waals surface area contributed by atoms with Crippen LogP contribution < -0.4 is 5.32 Å². The van der Waals surface area contributed by atoms with Crippen LogP contribution in [-0.4, -0.2) is 23.1 Å². The van der Waals surface area contributed by atoms with E-state index >= 15 is 0 Å². The van der Waals surface area contributed by atoms with Gasteiger partial charge in [-0.3, -0.25) is 4.79 Å². The Morgan fingerprint density at radius 1 is 1.00 bits per heavy atom. The first-order valence-corrected chi connectivity index (χ1v) is 9.29. The van der Waals surface area contributed by atoms with Gasteiger partial charge in [-0.2, -0.15) is 0 Å². The number of ether oxygens (including phenoxy) is 1. The van der Waals surface area contributed by atoms with Crippen LogP contribution in [0.2, 0.25) is 10.0 Å². The summed E-state index contributed by atoms with van der Waals surface area (Å²) < 4.78 is 7.13. The molecule has 144 valence electrons. The van der Waals surface area contributed by atoms with Crippen LogP contribution in [0.15, 0.2) is 54.6 Å². The third-order valence-electron chi connectivity index (χ3n) is 4.23. The van der Waals surface area contributed by atoms with Crippen molar-refractivity contribution in [1.29, 1.82) is 0 Å². The molecule has 0 atom stereocenters. The fourth-order valence-corrected chi connectivity index (χ4v) is 3.44. The number of aryl methyl sites for hydroxylation is 1. The average Bonchev–Trinajstić information content (AvgIpc) is 2.98. The number of nitrogens with zero attached hydrogens (tertiary/aromatic N) is 1. The molecule has 0 unspecified atom stereocenters. The maximum Gasteiger partial charge on any atom is 0.340 e. The van der Waals surface area contributed by atoms with E-state index in [9.17, 15) is 9.59 Å². The number of rotatable bonds is 5. The van der Waals surface area contributed by atoms with Crippen LogP contribution in [0.5, 0.6) is 0 Å². The number of carbonyl (C=O) groups is 2.